The molecule has 4 rings (SSSR count). The van der Waals surface area contributed by atoms with Gasteiger partial charge < -0.3 is 9.47 Å². The molecule has 0 spiro atoms. The van der Waals surface area contributed by atoms with E-state index < -0.39 is 0 Å². The molecule has 2 aromatic heterocycles. The van der Waals surface area contributed by atoms with Gasteiger partial charge in [0.1, 0.15) is 12.2 Å². The van der Waals surface area contributed by atoms with E-state index in [1.165, 1.54) is 10.1 Å². The number of rotatable bonds is 6. The summed E-state index contributed by atoms with van der Waals surface area (Å²) in [6.45, 7) is 8.43. The molecule has 164 valence electrons. The first-order valence-corrected chi connectivity index (χ1v) is 10.9. The van der Waals surface area contributed by atoms with E-state index in [4.69, 9.17) is 0 Å². The molecule has 1 aromatic carbocycles. The van der Waals surface area contributed by atoms with E-state index in [9.17, 15) is 14.4 Å². The predicted octanol–water partition coefficient (Wildman–Crippen LogP) is 1.35. The highest BCUT2D eigenvalue weighted by Gasteiger charge is 2.23. The van der Waals surface area contributed by atoms with Gasteiger partial charge in [-0.1, -0.05) is 30.3 Å². The third-order valence-electron chi connectivity index (χ3n) is 6.04. The summed E-state index contributed by atoms with van der Waals surface area (Å²) in [6.07, 6.45) is 1.74. The number of hydrogen-bond acceptors (Lipinski definition) is 4. The molecule has 0 atom stereocenters. The average molecular weight is 424 g/mol. The number of carbonyl (C=O) groups is 1. The lowest BCUT2D eigenvalue weighted by atomic mass is 10.2. The molecule has 0 radical (unpaired) electrons. The van der Waals surface area contributed by atoms with Crippen LogP contribution in [0.25, 0.3) is 11.0 Å². The maximum absolute atomic E-state index is 13.0. The van der Waals surface area contributed by atoms with E-state index in [2.05, 4.69) is 17.0 Å². The highest BCUT2D eigenvalue weighted by atomic mass is 16.2. The van der Waals surface area contributed by atoms with Crippen LogP contribution in [0.3, 0.4) is 0 Å². The van der Waals surface area contributed by atoms with Crippen LogP contribution in [0, 0.1) is 0 Å². The van der Waals surface area contributed by atoms with Crippen LogP contribution in [-0.4, -0.2) is 55.6 Å². The summed E-state index contributed by atoms with van der Waals surface area (Å²) in [6, 6.07) is 12.0. The molecular weight excluding hydrogens is 394 g/mol. The Balaban J connectivity index is 1.48. The summed E-state index contributed by atoms with van der Waals surface area (Å²) in [5.41, 5.74) is 1.17. The van der Waals surface area contributed by atoms with Crippen LogP contribution in [0.1, 0.15) is 19.4 Å². The minimum Gasteiger partial charge on any atom is -0.339 e. The van der Waals surface area contributed by atoms with E-state index >= 15 is 0 Å². The second-order valence-electron chi connectivity index (χ2n) is 7.90. The van der Waals surface area contributed by atoms with E-state index in [1.54, 1.807) is 28.3 Å². The fourth-order valence-electron chi connectivity index (χ4n) is 4.33. The molecule has 1 amide bonds. The fourth-order valence-corrected chi connectivity index (χ4v) is 4.33. The third kappa shape index (κ3) is 4.07. The predicted molar refractivity (Wildman–Crippen MR) is 120 cm³/mol. The van der Waals surface area contributed by atoms with Gasteiger partial charge in [-0.25, -0.2) is 4.79 Å². The van der Waals surface area contributed by atoms with Crippen molar-refractivity contribution in [1.82, 2.24) is 23.5 Å². The van der Waals surface area contributed by atoms with Crippen LogP contribution < -0.4 is 11.2 Å². The molecule has 1 aliphatic heterocycles. The van der Waals surface area contributed by atoms with Crippen LogP contribution in [0.5, 0.6) is 0 Å². The Morgan fingerprint density at radius 1 is 0.903 bits per heavy atom. The summed E-state index contributed by atoms with van der Waals surface area (Å²) >= 11 is 0. The van der Waals surface area contributed by atoms with Crippen LogP contribution in [-0.2, 0) is 31.0 Å². The van der Waals surface area contributed by atoms with Gasteiger partial charge >= 0.3 is 5.69 Å². The van der Waals surface area contributed by atoms with Crippen molar-refractivity contribution in [2.45, 2.75) is 40.0 Å². The van der Waals surface area contributed by atoms with Crippen LogP contribution in [0.4, 0.5) is 0 Å². The molecule has 8 heteroatoms. The summed E-state index contributed by atoms with van der Waals surface area (Å²) in [7, 11) is 0. The van der Waals surface area contributed by atoms with Crippen molar-refractivity contribution in [2.24, 2.45) is 0 Å². The topological polar surface area (TPSA) is 72.5 Å². The lowest BCUT2D eigenvalue weighted by Crippen LogP contribution is -2.49. The maximum atomic E-state index is 13.0. The first-order valence-electron chi connectivity index (χ1n) is 10.9. The summed E-state index contributed by atoms with van der Waals surface area (Å²) in [5.74, 6) is 0.00614. The third-order valence-corrected chi connectivity index (χ3v) is 6.04. The molecule has 1 saturated heterocycles. The maximum Gasteiger partial charge on any atom is 0.332 e. The molecule has 1 fully saturated rings. The van der Waals surface area contributed by atoms with Gasteiger partial charge in [0.25, 0.3) is 5.56 Å². The monoisotopic (exact) mass is 423 g/mol. The van der Waals surface area contributed by atoms with Crippen molar-refractivity contribution >= 4 is 16.9 Å². The molecule has 0 unspecified atom stereocenters. The zero-order valence-electron chi connectivity index (χ0n) is 18.2. The number of piperazine rings is 1. The van der Waals surface area contributed by atoms with Gasteiger partial charge in [-0.3, -0.25) is 23.6 Å². The summed E-state index contributed by atoms with van der Waals surface area (Å²) in [4.78, 5) is 42.6. The first kappa shape index (κ1) is 21.1. The van der Waals surface area contributed by atoms with E-state index in [-0.39, 0.29) is 23.7 Å². The standard InChI is InChI=1S/C23H29N5O3/c1-3-27-21-19(22(30)28(4-2)23(27)31)10-11-26(21)17-20(29)25-14-12-24(13-15-25)16-18-8-6-5-7-9-18/h5-11H,3-4,12-17H2,1-2H3. The van der Waals surface area contributed by atoms with Gasteiger partial charge in [0.05, 0.1) is 5.39 Å². The Labute approximate surface area is 180 Å². The molecule has 3 heterocycles. The van der Waals surface area contributed by atoms with Crippen molar-refractivity contribution in [3.05, 3.63) is 69.0 Å². The number of nitrogens with zero attached hydrogens (tertiary/aromatic N) is 5. The SMILES string of the molecule is CCn1c(=O)c2ccn(CC(=O)N3CCN(Cc4ccccc4)CC3)c2n(CC)c1=O. The highest BCUT2D eigenvalue weighted by molar-refractivity contribution is 5.81. The number of hydrogen-bond donors (Lipinski definition) is 0. The van der Waals surface area contributed by atoms with Crippen LogP contribution >= 0.6 is 0 Å². The Morgan fingerprint density at radius 2 is 1.58 bits per heavy atom. The average Bonchev–Trinajstić information content (AvgIpc) is 3.19. The highest BCUT2D eigenvalue weighted by Crippen LogP contribution is 2.13. The summed E-state index contributed by atoms with van der Waals surface area (Å²) in [5, 5.41) is 0.476. The Morgan fingerprint density at radius 3 is 2.23 bits per heavy atom. The first-order chi connectivity index (χ1) is 15.0. The van der Waals surface area contributed by atoms with Gasteiger partial charge in [-0.15, -0.1) is 0 Å². The van der Waals surface area contributed by atoms with E-state index in [0.717, 1.165) is 19.6 Å². The van der Waals surface area contributed by atoms with Gasteiger partial charge in [-0.2, -0.15) is 0 Å². The van der Waals surface area contributed by atoms with Crippen LogP contribution in [0.2, 0.25) is 0 Å². The Kier molecular flexibility index (Phi) is 6.08. The normalized spacial score (nSPS) is 15.0. The fraction of sp³-hybridized carbons (Fsp3) is 0.435. The minimum absolute atomic E-state index is 0.00614. The number of amides is 1. The zero-order valence-corrected chi connectivity index (χ0v) is 18.2. The largest absolute Gasteiger partial charge is 0.339 e. The molecule has 0 bridgehead atoms. The van der Waals surface area contributed by atoms with Gasteiger partial charge in [0.15, 0.2) is 0 Å². The minimum atomic E-state index is -0.329. The van der Waals surface area contributed by atoms with Gasteiger partial charge in [0.2, 0.25) is 5.91 Å². The molecule has 0 aliphatic carbocycles. The summed E-state index contributed by atoms with van der Waals surface area (Å²) < 4.78 is 4.55. The molecule has 0 N–H and O–H groups in total. The molecular formula is C23H29N5O3. The quantitative estimate of drug-likeness (QED) is 0.600. The van der Waals surface area contributed by atoms with Crippen molar-refractivity contribution in [3.8, 4) is 0 Å². The van der Waals surface area contributed by atoms with Gasteiger partial charge in [0, 0.05) is 52.0 Å². The van der Waals surface area contributed by atoms with Crippen molar-refractivity contribution in [1.29, 1.82) is 0 Å². The van der Waals surface area contributed by atoms with Crippen molar-refractivity contribution in [2.75, 3.05) is 26.2 Å². The van der Waals surface area contributed by atoms with E-state index in [0.29, 0.717) is 37.2 Å². The molecule has 8 nitrogen and oxygen atoms in total. The van der Waals surface area contributed by atoms with Crippen LogP contribution in [0.15, 0.2) is 52.2 Å². The smallest absolute Gasteiger partial charge is 0.332 e. The van der Waals surface area contributed by atoms with Crippen molar-refractivity contribution in [3.63, 3.8) is 0 Å². The molecule has 3 aromatic rings. The second kappa shape index (κ2) is 8.93. The second-order valence-corrected chi connectivity index (χ2v) is 7.90. The Bertz CT molecular complexity index is 1180. The molecule has 1 aliphatic rings. The van der Waals surface area contributed by atoms with Gasteiger partial charge in [-0.05, 0) is 25.5 Å². The van der Waals surface area contributed by atoms with Crippen molar-refractivity contribution < 1.29 is 4.79 Å². The number of benzene rings is 1. The molecule has 31 heavy (non-hydrogen) atoms. The lowest BCUT2D eigenvalue weighted by Gasteiger charge is -2.35. The lowest BCUT2D eigenvalue weighted by molar-refractivity contribution is -0.133. The Hall–Kier alpha value is -3.13. The number of aromatic nitrogens is 3. The van der Waals surface area contributed by atoms with E-state index in [1.807, 2.05) is 30.0 Å². The number of fused-ring (bicyclic) bond motifs is 1. The number of carbonyl (C=O) groups excluding carboxylic acids is 1. The molecule has 0 saturated carbocycles. The zero-order chi connectivity index (χ0) is 22.0. The number of aryl methyl sites for hydroxylation is 1.